The molecule has 0 atom stereocenters. The van der Waals surface area contributed by atoms with Crippen LogP contribution < -0.4 is 4.90 Å². The van der Waals surface area contributed by atoms with Crippen molar-refractivity contribution >= 4 is 27.5 Å². The fourth-order valence-corrected chi connectivity index (χ4v) is 4.41. The average molecular weight is 377 g/mol. The Morgan fingerprint density at radius 3 is 2.48 bits per heavy atom. The Morgan fingerprint density at radius 2 is 1.67 bits per heavy atom. The van der Waals surface area contributed by atoms with E-state index in [-0.39, 0.29) is 0 Å². The quantitative estimate of drug-likeness (QED) is 0.545. The summed E-state index contributed by atoms with van der Waals surface area (Å²) in [6.07, 6.45) is 0. The molecule has 5 rings (SSSR count). The molecule has 1 aliphatic rings. The highest BCUT2D eigenvalue weighted by atomic mass is 32.1. The number of fused-ring (bicyclic) bond motifs is 1. The van der Waals surface area contributed by atoms with Crippen LogP contribution in [0.4, 0.5) is 5.95 Å². The van der Waals surface area contributed by atoms with Gasteiger partial charge in [-0.15, -0.1) is 11.3 Å². The van der Waals surface area contributed by atoms with Crippen LogP contribution in [0.25, 0.3) is 15.9 Å². The molecule has 0 amide bonds. The van der Waals surface area contributed by atoms with E-state index in [1.54, 1.807) is 11.3 Å². The van der Waals surface area contributed by atoms with E-state index >= 15 is 0 Å². The molecule has 0 unspecified atom stereocenters. The molecule has 1 aliphatic heterocycles. The van der Waals surface area contributed by atoms with E-state index in [1.165, 1.54) is 9.71 Å². The van der Waals surface area contributed by atoms with Crippen LogP contribution >= 0.6 is 11.3 Å². The Hall–Kier alpha value is -2.84. The summed E-state index contributed by atoms with van der Waals surface area (Å²) in [5.41, 5.74) is 2.08. The summed E-state index contributed by atoms with van der Waals surface area (Å²) < 4.78 is 3.07. The maximum Gasteiger partial charge on any atom is 0.250 e. The van der Waals surface area contributed by atoms with Crippen LogP contribution in [0.5, 0.6) is 0 Å². The molecule has 2 aromatic carbocycles. The van der Waals surface area contributed by atoms with Gasteiger partial charge in [0.2, 0.25) is 5.95 Å². The molecule has 3 heterocycles. The van der Waals surface area contributed by atoms with Crippen molar-refractivity contribution in [1.29, 1.82) is 0 Å². The van der Waals surface area contributed by atoms with Crippen molar-refractivity contribution in [3.8, 4) is 5.69 Å². The van der Waals surface area contributed by atoms with Gasteiger partial charge in [-0.1, -0.05) is 35.4 Å². The van der Waals surface area contributed by atoms with Crippen molar-refractivity contribution in [2.24, 2.45) is 0 Å². The highest BCUT2D eigenvalue weighted by molar-refractivity contribution is 7.18. The molecule has 136 valence electrons. The normalized spacial score (nSPS) is 15.5. The molecule has 2 aromatic heterocycles. The fraction of sp³-hybridized carbons (Fsp3) is 0.263. The van der Waals surface area contributed by atoms with E-state index in [2.05, 4.69) is 43.5 Å². The zero-order chi connectivity index (χ0) is 18.1. The standard InChI is InChI=1S/C19H19N7S/c1-2-6-15(7-3-1)26-19(21-22-23-26)25-12-10-24(11-13-25)14-18-20-16-8-4-5-9-17(16)27-18/h1-9H,10-14H2. The van der Waals surface area contributed by atoms with Gasteiger partial charge in [0.15, 0.2) is 0 Å². The third kappa shape index (κ3) is 3.29. The SMILES string of the molecule is c1ccc(-n2nnnc2N2CCN(Cc3nc4ccccc4s3)CC2)cc1. The van der Waals surface area contributed by atoms with Crippen LogP contribution in [0.2, 0.25) is 0 Å². The Balaban J connectivity index is 1.26. The number of hydrogen-bond acceptors (Lipinski definition) is 7. The van der Waals surface area contributed by atoms with E-state index in [0.717, 1.165) is 49.9 Å². The number of hydrogen-bond donors (Lipinski definition) is 0. The number of thiazole rings is 1. The van der Waals surface area contributed by atoms with Crippen LogP contribution in [-0.4, -0.2) is 56.3 Å². The first kappa shape index (κ1) is 16.3. The first-order chi connectivity index (χ1) is 13.4. The predicted octanol–water partition coefficient (Wildman–Crippen LogP) is 2.59. The summed E-state index contributed by atoms with van der Waals surface area (Å²) in [5, 5.41) is 13.5. The molecule has 4 aromatic rings. The predicted molar refractivity (Wildman–Crippen MR) is 106 cm³/mol. The first-order valence-corrected chi connectivity index (χ1v) is 9.84. The van der Waals surface area contributed by atoms with Gasteiger partial charge in [-0.05, 0) is 34.7 Å². The van der Waals surface area contributed by atoms with Gasteiger partial charge in [0.25, 0.3) is 0 Å². The Bertz CT molecular complexity index is 1000. The molecule has 7 nitrogen and oxygen atoms in total. The molecule has 0 aliphatic carbocycles. The highest BCUT2D eigenvalue weighted by Gasteiger charge is 2.23. The second-order valence-electron chi connectivity index (χ2n) is 6.56. The van der Waals surface area contributed by atoms with Crippen molar-refractivity contribution < 1.29 is 0 Å². The third-order valence-electron chi connectivity index (χ3n) is 4.81. The second kappa shape index (κ2) is 7.05. The van der Waals surface area contributed by atoms with Gasteiger partial charge in [0.1, 0.15) is 5.01 Å². The summed E-state index contributed by atoms with van der Waals surface area (Å²) in [7, 11) is 0. The van der Waals surface area contributed by atoms with Crippen molar-refractivity contribution in [2.75, 3.05) is 31.1 Å². The molecule has 0 saturated carbocycles. The van der Waals surface area contributed by atoms with E-state index < -0.39 is 0 Å². The van der Waals surface area contributed by atoms with Crippen molar-refractivity contribution in [3.63, 3.8) is 0 Å². The topological polar surface area (TPSA) is 63.0 Å². The lowest BCUT2D eigenvalue weighted by molar-refractivity contribution is 0.248. The van der Waals surface area contributed by atoms with Crippen LogP contribution in [0.15, 0.2) is 54.6 Å². The lowest BCUT2D eigenvalue weighted by atomic mass is 10.3. The van der Waals surface area contributed by atoms with Crippen LogP contribution in [0, 0.1) is 0 Å². The molecule has 27 heavy (non-hydrogen) atoms. The largest absolute Gasteiger partial charge is 0.337 e. The lowest BCUT2D eigenvalue weighted by Crippen LogP contribution is -2.46. The van der Waals surface area contributed by atoms with Crippen LogP contribution in [-0.2, 0) is 6.54 Å². The van der Waals surface area contributed by atoms with Gasteiger partial charge in [0, 0.05) is 26.2 Å². The smallest absolute Gasteiger partial charge is 0.250 e. The number of anilines is 1. The number of tetrazole rings is 1. The maximum absolute atomic E-state index is 4.76. The van der Waals surface area contributed by atoms with Crippen molar-refractivity contribution in [3.05, 3.63) is 59.6 Å². The molecular formula is C19H19N7S. The monoisotopic (exact) mass is 377 g/mol. The van der Waals surface area contributed by atoms with Gasteiger partial charge in [-0.25, -0.2) is 4.98 Å². The molecule has 8 heteroatoms. The maximum atomic E-state index is 4.76. The van der Waals surface area contributed by atoms with Gasteiger partial charge in [0.05, 0.1) is 22.4 Å². The molecule has 1 fully saturated rings. The summed E-state index contributed by atoms with van der Waals surface area (Å²) in [6, 6.07) is 18.4. The first-order valence-electron chi connectivity index (χ1n) is 9.02. The number of benzene rings is 2. The summed E-state index contributed by atoms with van der Waals surface area (Å²) in [6.45, 7) is 4.64. The zero-order valence-electron chi connectivity index (χ0n) is 14.8. The summed E-state index contributed by atoms with van der Waals surface area (Å²) in [4.78, 5) is 9.46. The number of aromatic nitrogens is 5. The van der Waals surface area contributed by atoms with Gasteiger partial charge in [-0.3, -0.25) is 4.90 Å². The molecular weight excluding hydrogens is 358 g/mol. The minimum Gasteiger partial charge on any atom is -0.337 e. The summed E-state index contributed by atoms with van der Waals surface area (Å²) >= 11 is 1.79. The van der Waals surface area contributed by atoms with E-state index in [0.29, 0.717) is 0 Å². The molecule has 1 saturated heterocycles. The van der Waals surface area contributed by atoms with Crippen LogP contribution in [0.3, 0.4) is 0 Å². The molecule has 0 N–H and O–H groups in total. The summed E-state index contributed by atoms with van der Waals surface area (Å²) in [5.74, 6) is 0.806. The average Bonchev–Trinajstić information content (AvgIpc) is 3.36. The molecule has 0 spiro atoms. The highest BCUT2D eigenvalue weighted by Crippen LogP contribution is 2.23. The number of rotatable bonds is 4. The second-order valence-corrected chi connectivity index (χ2v) is 7.68. The Morgan fingerprint density at radius 1 is 0.889 bits per heavy atom. The van der Waals surface area contributed by atoms with Gasteiger partial charge < -0.3 is 4.90 Å². The van der Waals surface area contributed by atoms with Gasteiger partial charge in [-0.2, -0.15) is 4.68 Å². The van der Waals surface area contributed by atoms with Crippen LogP contribution in [0.1, 0.15) is 5.01 Å². The minimum atomic E-state index is 0.806. The third-order valence-corrected chi connectivity index (χ3v) is 5.83. The number of nitrogens with zero attached hydrogens (tertiary/aromatic N) is 7. The van der Waals surface area contributed by atoms with Crippen molar-refractivity contribution in [2.45, 2.75) is 6.54 Å². The minimum absolute atomic E-state index is 0.806. The van der Waals surface area contributed by atoms with E-state index in [4.69, 9.17) is 4.98 Å². The fourth-order valence-electron chi connectivity index (χ4n) is 3.40. The Labute approximate surface area is 160 Å². The van der Waals surface area contributed by atoms with Crippen molar-refractivity contribution in [1.82, 2.24) is 30.1 Å². The van der Waals surface area contributed by atoms with Gasteiger partial charge >= 0.3 is 0 Å². The van der Waals surface area contributed by atoms with E-state index in [1.807, 2.05) is 41.1 Å². The zero-order valence-corrected chi connectivity index (χ0v) is 15.6. The number of piperazine rings is 1. The van der Waals surface area contributed by atoms with E-state index in [9.17, 15) is 0 Å². The molecule has 0 radical (unpaired) electrons. The number of para-hydroxylation sites is 2. The Kier molecular flexibility index (Phi) is 4.27. The lowest BCUT2D eigenvalue weighted by Gasteiger charge is -2.34. The molecule has 0 bridgehead atoms.